The fraction of sp³-hybridized carbons (Fsp3) is 0.364. The minimum absolute atomic E-state index is 0.102. The molecule has 0 heterocycles. The molecule has 15 heavy (non-hydrogen) atoms. The molecule has 0 aromatic heterocycles. The summed E-state index contributed by atoms with van der Waals surface area (Å²) in [5.41, 5.74) is 11.7. The molecule has 1 aromatic carbocycles. The Bertz CT molecular complexity index is 383. The molecule has 1 amide bonds. The molecule has 0 spiro atoms. The molecule has 0 aliphatic rings. The van der Waals surface area contributed by atoms with E-state index in [2.05, 4.69) is 20.8 Å². The number of anilines is 1. The normalized spacial score (nSPS) is 11.4. The van der Waals surface area contributed by atoms with Crippen LogP contribution in [0.1, 0.15) is 31.1 Å². The number of primary amides is 1. The lowest BCUT2D eigenvalue weighted by molar-refractivity contribution is 0.100. The SMILES string of the molecule is CC(C)(C)Sc1ccc(N)c(C(N)=O)c1. The Morgan fingerprint density at radius 1 is 1.33 bits per heavy atom. The van der Waals surface area contributed by atoms with Crippen molar-refractivity contribution in [2.24, 2.45) is 5.73 Å². The highest BCUT2D eigenvalue weighted by Crippen LogP contribution is 2.33. The molecule has 0 atom stereocenters. The van der Waals surface area contributed by atoms with Crippen molar-refractivity contribution < 1.29 is 4.79 Å². The van der Waals surface area contributed by atoms with Gasteiger partial charge < -0.3 is 11.5 Å². The van der Waals surface area contributed by atoms with Crippen molar-refractivity contribution in [1.29, 1.82) is 0 Å². The molecule has 1 rings (SSSR count). The summed E-state index contributed by atoms with van der Waals surface area (Å²) in [6.07, 6.45) is 0. The molecule has 0 saturated heterocycles. The van der Waals surface area contributed by atoms with Crippen LogP contribution in [0, 0.1) is 0 Å². The van der Waals surface area contributed by atoms with Gasteiger partial charge in [0.25, 0.3) is 5.91 Å². The van der Waals surface area contributed by atoms with Crippen molar-refractivity contribution in [1.82, 2.24) is 0 Å². The summed E-state index contributed by atoms with van der Waals surface area (Å²) in [6.45, 7) is 6.33. The third kappa shape index (κ3) is 3.47. The van der Waals surface area contributed by atoms with Crippen LogP contribution in [0.4, 0.5) is 5.69 Å². The van der Waals surface area contributed by atoms with Gasteiger partial charge in [-0.25, -0.2) is 0 Å². The maximum absolute atomic E-state index is 11.1. The van der Waals surface area contributed by atoms with Gasteiger partial charge in [0, 0.05) is 15.3 Å². The predicted octanol–water partition coefficient (Wildman–Crippen LogP) is 2.26. The molecule has 0 unspecified atom stereocenters. The predicted molar refractivity (Wildman–Crippen MR) is 65.0 cm³/mol. The quantitative estimate of drug-likeness (QED) is 0.598. The molecule has 0 bridgehead atoms. The van der Waals surface area contributed by atoms with Crippen LogP contribution in [0.5, 0.6) is 0 Å². The topological polar surface area (TPSA) is 69.1 Å². The highest BCUT2D eigenvalue weighted by atomic mass is 32.2. The van der Waals surface area contributed by atoms with E-state index in [-0.39, 0.29) is 4.75 Å². The van der Waals surface area contributed by atoms with Gasteiger partial charge in [0.1, 0.15) is 0 Å². The number of benzene rings is 1. The second-order valence-corrected chi connectivity index (χ2v) is 6.23. The van der Waals surface area contributed by atoms with Crippen LogP contribution in [0.15, 0.2) is 23.1 Å². The van der Waals surface area contributed by atoms with E-state index in [4.69, 9.17) is 11.5 Å². The van der Waals surface area contributed by atoms with Crippen LogP contribution in [0.25, 0.3) is 0 Å². The number of rotatable bonds is 2. The first-order chi connectivity index (χ1) is 6.79. The number of hydrogen-bond donors (Lipinski definition) is 2. The van der Waals surface area contributed by atoms with Gasteiger partial charge >= 0.3 is 0 Å². The van der Waals surface area contributed by atoms with Crippen LogP contribution >= 0.6 is 11.8 Å². The summed E-state index contributed by atoms with van der Waals surface area (Å²) in [5, 5.41) is 0. The van der Waals surface area contributed by atoms with Gasteiger partial charge in [-0.3, -0.25) is 4.79 Å². The Kier molecular flexibility index (Phi) is 3.29. The molecule has 4 heteroatoms. The molecule has 1 aromatic rings. The second kappa shape index (κ2) is 4.14. The van der Waals surface area contributed by atoms with Crippen molar-refractivity contribution >= 4 is 23.4 Å². The second-order valence-electron chi connectivity index (χ2n) is 4.33. The number of carbonyl (C=O) groups excluding carboxylic acids is 1. The molecular weight excluding hydrogens is 208 g/mol. The third-order valence-corrected chi connectivity index (χ3v) is 2.82. The minimum atomic E-state index is -0.483. The van der Waals surface area contributed by atoms with Gasteiger partial charge in [0.05, 0.1) is 5.56 Å². The van der Waals surface area contributed by atoms with Gasteiger partial charge in [-0.15, -0.1) is 11.8 Å². The van der Waals surface area contributed by atoms with Crippen LogP contribution < -0.4 is 11.5 Å². The van der Waals surface area contributed by atoms with Gasteiger partial charge in [-0.2, -0.15) is 0 Å². The van der Waals surface area contributed by atoms with Gasteiger partial charge in [-0.05, 0) is 18.2 Å². The minimum Gasteiger partial charge on any atom is -0.398 e. The van der Waals surface area contributed by atoms with Crippen LogP contribution in [0.3, 0.4) is 0 Å². The highest BCUT2D eigenvalue weighted by Gasteiger charge is 2.14. The summed E-state index contributed by atoms with van der Waals surface area (Å²) >= 11 is 1.68. The highest BCUT2D eigenvalue weighted by molar-refractivity contribution is 8.00. The van der Waals surface area contributed by atoms with E-state index in [1.54, 1.807) is 23.9 Å². The van der Waals surface area contributed by atoms with E-state index >= 15 is 0 Å². The van der Waals surface area contributed by atoms with Crippen LogP contribution in [-0.4, -0.2) is 10.7 Å². The number of hydrogen-bond acceptors (Lipinski definition) is 3. The largest absolute Gasteiger partial charge is 0.398 e. The Hall–Kier alpha value is -1.16. The number of nitrogen functional groups attached to an aromatic ring is 1. The number of thioether (sulfide) groups is 1. The third-order valence-electron chi connectivity index (χ3n) is 1.71. The maximum Gasteiger partial charge on any atom is 0.250 e. The molecule has 0 aliphatic carbocycles. The lowest BCUT2D eigenvalue weighted by Gasteiger charge is -2.18. The standard InChI is InChI=1S/C11H16N2OS/c1-11(2,3)15-7-4-5-9(12)8(6-7)10(13)14/h4-6H,12H2,1-3H3,(H2,13,14). The van der Waals surface area contributed by atoms with Gasteiger partial charge in [0.2, 0.25) is 0 Å². The van der Waals surface area contributed by atoms with E-state index in [1.807, 2.05) is 6.07 Å². The molecule has 3 nitrogen and oxygen atoms in total. The lowest BCUT2D eigenvalue weighted by atomic mass is 10.2. The first-order valence-electron chi connectivity index (χ1n) is 4.68. The van der Waals surface area contributed by atoms with Crippen LogP contribution in [0.2, 0.25) is 0 Å². The molecule has 0 aliphatic heterocycles. The van der Waals surface area contributed by atoms with E-state index < -0.39 is 5.91 Å². The Morgan fingerprint density at radius 3 is 2.40 bits per heavy atom. The molecule has 0 fully saturated rings. The number of amides is 1. The Morgan fingerprint density at radius 2 is 1.93 bits per heavy atom. The van der Waals surface area contributed by atoms with Gasteiger partial charge in [0.15, 0.2) is 0 Å². The number of nitrogens with two attached hydrogens (primary N) is 2. The van der Waals surface area contributed by atoms with Gasteiger partial charge in [-0.1, -0.05) is 20.8 Å². The fourth-order valence-corrected chi connectivity index (χ4v) is 2.19. The summed E-state index contributed by atoms with van der Waals surface area (Å²) in [5.74, 6) is -0.483. The summed E-state index contributed by atoms with van der Waals surface area (Å²) < 4.78 is 0.102. The summed E-state index contributed by atoms with van der Waals surface area (Å²) in [6, 6.07) is 5.36. The first kappa shape index (κ1) is 11.9. The zero-order valence-corrected chi connectivity index (χ0v) is 10.0. The van der Waals surface area contributed by atoms with E-state index in [0.717, 1.165) is 4.90 Å². The maximum atomic E-state index is 11.1. The zero-order valence-electron chi connectivity index (χ0n) is 9.20. The monoisotopic (exact) mass is 224 g/mol. The summed E-state index contributed by atoms with van der Waals surface area (Å²) in [4.78, 5) is 12.1. The Labute approximate surface area is 94.2 Å². The fourth-order valence-electron chi connectivity index (χ4n) is 1.17. The van der Waals surface area contributed by atoms with Crippen molar-refractivity contribution in [3.05, 3.63) is 23.8 Å². The van der Waals surface area contributed by atoms with Crippen molar-refractivity contribution in [2.75, 3.05) is 5.73 Å². The Balaban J connectivity index is 3.03. The average molecular weight is 224 g/mol. The van der Waals surface area contributed by atoms with E-state index in [9.17, 15) is 4.79 Å². The van der Waals surface area contributed by atoms with E-state index in [1.165, 1.54) is 0 Å². The molecule has 82 valence electrons. The van der Waals surface area contributed by atoms with Crippen LogP contribution in [-0.2, 0) is 0 Å². The average Bonchev–Trinajstić information content (AvgIpc) is 2.05. The molecule has 0 radical (unpaired) electrons. The van der Waals surface area contributed by atoms with Crippen molar-refractivity contribution in [2.45, 2.75) is 30.4 Å². The smallest absolute Gasteiger partial charge is 0.250 e. The lowest BCUT2D eigenvalue weighted by Crippen LogP contribution is -2.14. The molecular formula is C11H16N2OS. The summed E-state index contributed by atoms with van der Waals surface area (Å²) in [7, 11) is 0. The molecule has 0 saturated carbocycles. The number of carbonyl (C=O) groups is 1. The first-order valence-corrected chi connectivity index (χ1v) is 5.49. The van der Waals surface area contributed by atoms with Crippen molar-refractivity contribution in [3.63, 3.8) is 0 Å². The van der Waals surface area contributed by atoms with Crippen molar-refractivity contribution in [3.8, 4) is 0 Å². The molecule has 4 N–H and O–H groups in total. The zero-order chi connectivity index (χ0) is 11.6. The van der Waals surface area contributed by atoms with E-state index in [0.29, 0.717) is 11.3 Å².